The van der Waals surface area contributed by atoms with E-state index in [1.165, 1.54) is 6.92 Å². The number of aryl methyl sites for hydroxylation is 2. The second-order valence-corrected chi connectivity index (χ2v) is 8.67. The molecule has 4 rings (SSSR count). The fourth-order valence-electron chi connectivity index (χ4n) is 4.14. The molecule has 0 fully saturated rings. The number of fused-ring (bicyclic) bond motifs is 1. The molecule has 7 nitrogen and oxygen atoms in total. The maximum Gasteiger partial charge on any atom is 0.340 e. The molecule has 1 aromatic heterocycles. The minimum absolute atomic E-state index is 0.370. The summed E-state index contributed by atoms with van der Waals surface area (Å²) in [5, 5.41) is 12.9. The van der Waals surface area contributed by atoms with Gasteiger partial charge in [0.05, 0.1) is 0 Å². The van der Waals surface area contributed by atoms with Gasteiger partial charge in [0.25, 0.3) is 5.91 Å². The molecule has 0 saturated carbocycles. The Balaban J connectivity index is 1.57. The third-order valence-electron chi connectivity index (χ3n) is 6.22. The summed E-state index contributed by atoms with van der Waals surface area (Å²) in [6, 6.07) is 20.5. The van der Waals surface area contributed by atoms with Crippen LogP contribution >= 0.6 is 0 Å². The van der Waals surface area contributed by atoms with Crippen LogP contribution in [0.15, 0.2) is 82.0 Å². The van der Waals surface area contributed by atoms with E-state index >= 15 is 0 Å². The molecule has 0 unspecified atom stereocenters. The Hall–Kier alpha value is -4.39. The number of hydrogen-bond donors (Lipinski definition) is 2. The fourth-order valence-corrected chi connectivity index (χ4v) is 4.14. The second-order valence-electron chi connectivity index (χ2n) is 8.67. The first kappa shape index (κ1) is 24.7. The van der Waals surface area contributed by atoms with Crippen LogP contribution in [0.5, 0.6) is 5.75 Å². The van der Waals surface area contributed by atoms with Crippen molar-refractivity contribution in [2.75, 3.05) is 0 Å². The average molecular weight is 486 g/mol. The third kappa shape index (κ3) is 5.15. The van der Waals surface area contributed by atoms with Gasteiger partial charge < -0.3 is 19.6 Å². The molecule has 2 N–H and O–H groups in total. The molecule has 4 aromatic rings. The van der Waals surface area contributed by atoms with Crippen molar-refractivity contribution in [2.24, 2.45) is 0 Å². The zero-order valence-electron chi connectivity index (χ0n) is 20.3. The molecule has 7 heteroatoms. The summed E-state index contributed by atoms with van der Waals surface area (Å²) in [7, 11) is 0. The highest BCUT2D eigenvalue weighted by atomic mass is 16.5. The summed E-state index contributed by atoms with van der Waals surface area (Å²) in [6.45, 7) is 5.18. The van der Waals surface area contributed by atoms with E-state index in [9.17, 15) is 19.5 Å². The van der Waals surface area contributed by atoms with Crippen molar-refractivity contribution in [3.05, 3.63) is 111 Å². The highest BCUT2D eigenvalue weighted by Gasteiger charge is 2.26. The Morgan fingerprint density at radius 3 is 2.22 bits per heavy atom. The van der Waals surface area contributed by atoms with Crippen LogP contribution in [0.25, 0.3) is 11.0 Å². The Bertz CT molecular complexity index is 1460. The number of benzene rings is 3. The van der Waals surface area contributed by atoms with Gasteiger partial charge in [-0.25, -0.2) is 9.59 Å². The first-order valence-electron chi connectivity index (χ1n) is 11.6. The summed E-state index contributed by atoms with van der Waals surface area (Å²) >= 11 is 0. The molecule has 0 spiro atoms. The number of ether oxygens (including phenoxy) is 1. The monoisotopic (exact) mass is 485 g/mol. The highest BCUT2D eigenvalue weighted by Crippen LogP contribution is 2.30. The normalized spacial score (nSPS) is 12.6. The van der Waals surface area contributed by atoms with Crippen molar-refractivity contribution < 1.29 is 23.8 Å². The summed E-state index contributed by atoms with van der Waals surface area (Å²) in [5.41, 5.74) is 3.45. The molecule has 1 amide bonds. The Morgan fingerprint density at radius 2 is 1.58 bits per heavy atom. The lowest BCUT2D eigenvalue weighted by Gasteiger charge is -2.20. The number of rotatable bonds is 8. The molecule has 0 aliphatic carbocycles. The number of carboxylic acid groups (broad SMARTS) is 1. The van der Waals surface area contributed by atoms with Crippen molar-refractivity contribution in [1.29, 1.82) is 0 Å². The van der Waals surface area contributed by atoms with E-state index in [-0.39, 0.29) is 0 Å². The topological polar surface area (TPSA) is 106 Å². The van der Waals surface area contributed by atoms with E-state index in [0.717, 1.165) is 16.5 Å². The molecular weight excluding hydrogens is 458 g/mol. The van der Waals surface area contributed by atoms with Crippen molar-refractivity contribution in [3.63, 3.8) is 0 Å². The van der Waals surface area contributed by atoms with E-state index < -0.39 is 29.6 Å². The van der Waals surface area contributed by atoms with Crippen LogP contribution in [0.2, 0.25) is 0 Å². The molecule has 0 aliphatic rings. The van der Waals surface area contributed by atoms with E-state index in [0.29, 0.717) is 34.4 Å². The summed E-state index contributed by atoms with van der Waals surface area (Å²) in [6.07, 6.45) is -0.525. The van der Waals surface area contributed by atoms with Gasteiger partial charge in [0.1, 0.15) is 11.3 Å². The van der Waals surface area contributed by atoms with Gasteiger partial charge in [-0.3, -0.25) is 4.79 Å². The minimum Gasteiger partial charge on any atom is -0.480 e. The van der Waals surface area contributed by atoms with Crippen LogP contribution in [-0.4, -0.2) is 23.1 Å². The number of amides is 1. The maximum absolute atomic E-state index is 12.8. The van der Waals surface area contributed by atoms with Crippen LogP contribution in [0.3, 0.4) is 0 Å². The standard InChI is InChI=1S/C29H27NO6/c1-17-22-14-15-24(18(2)26(22)36-29(34)23(17)16-20-10-6-4-7-11-20)35-19(3)27(31)30-25(28(32)33)21-12-8-5-9-13-21/h4-15,19,25H,16H2,1-3H3,(H,30,31)(H,32,33)/t19-,25-/m0/s1. The number of carbonyl (C=O) groups is 2. The van der Waals surface area contributed by atoms with Crippen LogP contribution in [0.1, 0.15) is 40.8 Å². The Kier molecular flexibility index (Phi) is 7.20. The van der Waals surface area contributed by atoms with E-state index in [1.54, 1.807) is 49.4 Å². The first-order valence-corrected chi connectivity index (χ1v) is 11.6. The summed E-state index contributed by atoms with van der Waals surface area (Å²) in [4.78, 5) is 37.3. The predicted octanol–water partition coefficient (Wildman–Crippen LogP) is 4.71. The lowest BCUT2D eigenvalue weighted by molar-refractivity contribution is -0.143. The number of carboxylic acids is 1. The summed E-state index contributed by atoms with van der Waals surface area (Å²) in [5.74, 6) is -1.39. The van der Waals surface area contributed by atoms with Crippen LogP contribution < -0.4 is 15.7 Å². The smallest absolute Gasteiger partial charge is 0.340 e. The zero-order valence-corrected chi connectivity index (χ0v) is 20.3. The number of aliphatic carboxylic acids is 1. The molecule has 1 heterocycles. The lowest BCUT2D eigenvalue weighted by atomic mass is 9.98. The molecule has 2 atom stereocenters. The zero-order chi connectivity index (χ0) is 25.8. The van der Waals surface area contributed by atoms with Gasteiger partial charge in [-0.15, -0.1) is 0 Å². The molecule has 0 bridgehead atoms. The van der Waals surface area contributed by atoms with Crippen LogP contribution in [0.4, 0.5) is 0 Å². The van der Waals surface area contributed by atoms with Crippen molar-refractivity contribution >= 4 is 22.8 Å². The summed E-state index contributed by atoms with van der Waals surface area (Å²) < 4.78 is 11.6. The van der Waals surface area contributed by atoms with Gasteiger partial charge >= 0.3 is 11.6 Å². The largest absolute Gasteiger partial charge is 0.480 e. The number of hydrogen-bond acceptors (Lipinski definition) is 5. The molecule has 36 heavy (non-hydrogen) atoms. The quantitative estimate of drug-likeness (QED) is 0.350. The molecular formula is C29H27NO6. The van der Waals surface area contributed by atoms with Crippen molar-refractivity contribution in [3.8, 4) is 5.75 Å². The third-order valence-corrected chi connectivity index (χ3v) is 6.22. The fraction of sp³-hybridized carbons (Fsp3) is 0.207. The first-order chi connectivity index (χ1) is 17.3. The molecule has 184 valence electrons. The van der Waals surface area contributed by atoms with Gasteiger partial charge in [-0.1, -0.05) is 60.7 Å². The number of nitrogens with one attached hydrogen (secondary N) is 1. The molecule has 0 radical (unpaired) electrons. The average Bonchev–Trinajstić information content (AvgIpc) is 2.87. The van der Waals surface area contributed by atoms with Crippen LogP contribution in [0, 0.1) is 13.8 Å². The minimum atomic E-state index is -1.20. The van der Waals surface area contributed by atoms with Gasteiger partial charge in [-0.05, 0) is 49.6 Å². The molecule has 0 saturated heterocycles. The van der Waals surface area contributed by atoms with Crippen LogP contribution in [-0.2, 0) is 16.0 Å². The second kappa shape index (κ2) is 10.5. The van der Waals surface area contributed by atoms with Gasteiger partial charge in [0.15, 0.2) is 12.1 Å². The van der Waals surface area contributed by atoms with E-state index in [1.807, 2.05) is 37.3 Å². The van der Waals surface area contributed by atoms with E-state index in [2.05, 4.69) is 5.32 Å². The lowest BCUT2D eigenvalue weighted by Crippen LogP contribution is -2.41. The predicted molar refractivity (Wildman–Crippen MR) is 136 cm³/mol. The molecule has 0 aliphatic heterocycles. The van der Waals surface area contributed by atoms with Crippen molar-refractivity contribution in [2.45, 2.75) is 39.3 Å². The Morgan fingerprint density at radius 1 is 0.944 bits per heavy atom. The number of carbonyl (C=O) groups excluding carboxylic acids is 1. The maximum atomic E-state index is 12.8. The van der Waals surface area contributed by atoms with Crippen molar-refractivity contribution in [1.82, 2.24) is 5.32 Å². The molecule has 3 aromatic carbocycles. The highest BCUT2D eigenvalue weighted by molar-refractivity contribution is 5.88. The van der Waals surface area contributed by atoms with Gasteiger partial charge in [0.2, 0.25) is 0 Å². The SMILES string of the molecule is Cc1c(Cc2ccccc2)c(=O)oc2c(C)c(O[C@@H](C)C(=O)N[C@H](C(=O)O)c3ccccc3)ccc12. The van der Waals surface area contributed by atoms with Gasteiger partial charge in [0, 0.05) is 22.9 Å². The Labute approximate surface area is 208 Å². The van der Waals surface area contributed by atoms with E-state index in [4.69, 9.17) is 9.15 Å². The van der Waals surface area contributed by atoms with Gasteiger partial charge in [-0.2, -0.15) is 0 Å².